The molecule has 0 aromatic rings. The molecule has 0 amide bonds. The van der Waals surface area contributed by atoms with E-state index in [1.165, 1.54) is 128 Å². The first-order valence-corrected chi connectivity index (χ1v) is 30.6. The summed E-state index contributed by atoms with van der Waals surface area (Å²) in [5.74, 6) is -0.0332. The normalized spacial score (nSPS) is 13.6. The zero-order valence-electron chi connectivity index (χ0n) is 47.1. The van der Waals surface area contributed by atoms with Crippen LogP contribution in [0.15, 0.2) is 0 Å². The highest BCUT2D eigenvalue weighted by atomic mass is 16.5. The van der Waals surface area contributed by atoms with Gasteiger partial charge in [0.25, 0.3) is 0 Å². The van der Waals surface area contributed by atoms with Crippen molar-refractivity contribution in [3.63, 3.8) is 0 Å². The molecular weight excluding hydrogens is 895 g/mol. The molecule has 0 aliphatic heterocycles. The van der Waals surface area contributed by atoms with Gasteiger partial charge in [-0.25, -0.2) is 0 Å². The molecule has 11 nitrogen and oxygen atoms in total. The van der Waals surface area contributed by atoms with E-state index in [0.717, 1.165) is 148 Å². The molecule has 0 unspecified atom stereocenters. The molecule has 0 radical (unpaired) electrons. The lowest BCUT2D eigenvalue weighted by Crippen LogP contribution is -2.47. The largest absolute Gasteiger partial charge is 0.462 e. The molecular formula is C60H119NO10. The number of ether oxygens (including phenoxy) is 3. The summed E-state index contributed by atoms with van der Waals surface area (Å²) in [6.07, 6.45) is 41.4. The molecule has 0 aliphatic carbocycles. The molecule has 0 saturated carbocycles. The number of unbranched alkanes of at least 4 members (excludes halogenated alkanes) is 29. The van der Waals surface area contributed by atoms with Crippen molar-refractivity contribution in [2.24, 2.45) is 0 Å². The summed E-state index contributed by atoms with van der Waals surface area (Å²) >= 11 is 0. The van der Waals surface area contributed by atoms with Crippen molar-refractivity contribution >= 4 is 11.9 Å². The van der Waals surface area contributed by atoms with Gasteiger partial charge in [-0.1, -0.05) is 195 Å². The van der Waals surface area contributed by atoms with E-state index in [0.29, 0.717) is 19.4 Å². The molecule has 424 valence electrons. The highest BCUT2D eigenvalue weighted by Gasteiger charge is 2.30. The lowest BCUT2D eigenvalue weighted by molar-refractivity contribution is -0.151. The zero-order chi connectivity index (χ0) is 52.3. The Morgan fingerprint density at radius 1 is 0.380 bits per heavy atom. The average molecular weight is 1010 g/mol. The number of nitrogens with zero attached hydrogens (tertiary/aromatic N) is 1. The first-order chi connectivity index (χ1) is 34.6. The second-order valence-corrected chi connectivity index (χ2v) is 21.4. The first-order valence-electron chi connectivity index (χ1n) is 30.6. The average Bonchev–Trinajstić information content (AvgIpc) is 3.36. The molecule has 0 rings (SSSR count). The molecule has 0 saturated heterocycles. The van der Waals surface area contributed by atoms with Crippen molar-refractivity contribution in [3.8, 4) is 0 Å². The molecule has 0 bridgehead atoms. The summed E-state index contributed by atoms with van der Waals surface area (Å²) in [6.45, 7) is 11.5. The van der Waals surface area contributed by atoms with Crippen LogP contribution in [-0.2, 0) is 23.8 Å². The van der Waals surface area contributed by atoms with Crippen LogP contribution in [0.2, 0.25) is 0 Å². The van der Waals surface area contributed by atoms with E-state index in [2.05, 4.69) is 32.6 Å². The SMILES string of the molecule is CCCCCCCCC(CCCCCCCC)OC(=O)CCCCCCCN(CCCCCCCC(=O)OC(CCCCCCCC)CCCCCCCC)CCCCOC[C@H](O)[C@H](O)[C@@H](O)[C@@H](O)CO. The molecule has 0 aromatic carbocycles. The summed E-state index contributed by atoms with van der Waals surface area (Å²) in [7, 11) is 0. The van der Waals surface area contributed by atoms with E-state index in [9.17, 15) is 30.0 Å². The van der Waals surface area contributed by atoms with Gasteiger partial charge in [0.1, 0.15) is 36.6 Å². The predicted molar refractivity (Wildman–Crippen MR) is 295 cm³/mol. The Bertz CT molecular complexity index is 1020. The highest BCUT2D eigenvalue weighted by molar-refractivity contribution is 5.69. The van der Waals surface area contributed by atoms with Crippen LogP contribution in [0.1, 0.15) is 297 Å². The van der Waals surface area contributed by atoms with Gasteiger partial charge in [0, 0.05) is 19.4 Å². The minimum absolute atomic E-state index is 0.0166. The van der Waals surface area contributed by atoms with Crippen molar-refractivity contribution in [1.29, 1.82) is 0 Å². The Morgan fingerprint density at radius 2 is 0.676 bits per heavy atom. The van der Waals surface area contributed by atoms with Crippen molar-refractivity contribution < 1.29 is 49.3 Å². The lowest BCUT2D eigenvalue weighted by Gasteiger charge is -2.25. The number of hydrogen-bond acceptors (Lipinski definition) is 11. The summed E-state index contributed by atoms with van der Waals surface area (Å²) in [6, 6.07) is 0. The van der Waals surface area contributed by atoms with Crippen molar-refractivity contribution in [3.05, 3.63) is 0 Å². The number of rotatable bonds is 57. The summed E-state index contributed by atoms with van der Waals surface area (Å²) in [5, 5.41) is 48.8. The molecule has 0 aliphatic rings. The van der Waals surface area contributed by atoms with Crippen LogP contribution >= 0.6 is 0 Å². The predicted octanol–water partition coefficient (Wildman–Crippen LogP) is 14.0. The van der Waals surface area contributed by atoms with Crippen LogP contribution < -0.4 is 0 Å². The third-order valence-electron chi connectivity index (χ3n) is 14.5. The maximum absolute atomic E-state index is 12.9. The van der Waals surface area contributed by atoms with Crippen molar-refractivity contribution in [2.75, 3.05) is 39.5 Å². The van der Waals surface area contributed by atoms with Gasteiger partial charge in [-0.05, 0) is 110 Å². The highest BCUT2D eigenvalue weighted by Crippen LogP contribution is 2.21. The van der Waals surface area contributed by atoms with E-state index < -0.39 is 31.0 Å². The van der Waals surface area contributed by atoms with E-state index in [4.69, 9.17) is 19.3 Å². The quantitative estimate of drug-likeness (QED) is 0.0291. The van der Waals surface area contributed by atoms with Crippen molar-refractivity contribution in [1.82, 2.24) is 4.90 Å². The monoisotopic (exact) mass is 1010 g/mol. The van der Waals surface area contributed by atoms with Crippen LogP contribution in [0.3, 0.4) is 0 Å². The second kappa shape index (κ2) is 53.5. The number of carbonyl (C=O) groups is 2. The van der Waals surface area contributed by atoms with Crippen LogP contribution in [-0.4, -0.2) is 118 Å². The molecule has 0 aromatic heterocycles. The van der Waals surface area contributed by atoms with Gasteiger partial charge < -0.3 is 44.6 Å². The summed E-state index contributed by atoms with van der Waals surface area (Å²) < 4.78 is 17.8. The van der Waals surface area contributed by atoms with Crippen LogP contribution in [0.25, 0.3) is 0 Å². The van der Waals surface area contributed by atoms with Crippen molar-refractivity contribution in [2.45, 2.75) is 334 Å². The van der Waals surface area contributed by atoms with E-state index in [1.807, 2.05) is 0 Å². The third-order valence-corrected chi connectivity index (χ3v) is 14.5. The van der Waals surface area contributed by atoms with Crippen LogP contribution in [0.4, 0.5) is 0 Å². The summed E-state index contributed by atoms with van der Waals surface area (Å²) in [4.78, 5) is 28.4. The molecule has 0 heterocycles. The van der Waals surface area contributed by atoms with Gasteiger partial charge in [0.05, 0.1) is 13.2 Å². The van der Waals surface area contributed by atoms with Gasteiger partial charge in [0.2, 0.25) is 0 Å². The third kappa shape index (κ3) is 45.8. The smallest absolute Gasteiger partial charge is 0.306 e. The van der Waals surface area contributed by atoms with Gasteiger partial charge in [-0.15, -0.1) is 0 Å². The zero-order valence-corrected chi connectivity index (χ0v) is 47.1. The minimum atomic E-state index is -1.66. The van der Waals surface area contributed by atoms with Crippen LogP contribution in [0.5, 0.6) is 0 Å². The molecule has 4 atom stereocenters. The van der Waals surface area contributed by atoms with E-state index in [1.54, 1.807) is 0 Å². The fraction of sp³-hybridized carbons (Fsp3) is 0.967. The Morgan fingerprint density at radius 3 is 1.03 bits per heavy atom. The topological polar surface area (TPSA) is 166 Å². The van der Waals surface area contributed by atoms with E-state index in [-0.39, 0.29) is 30.8 Å². The number of carbonyl (C=O) groups excluding carboxylic acids is 2. The number of aliphatic hydroxyl groups is 5. The van der Waals surface area contributed by atoms with Crippen LogP contribution in [0, 0.1) is 0 Å². The molecule has 0 spiro atoms. The fourth-order valence-electron chi connectivity index (χ4n) is 9.63. The Balaban J connectivity index is 4.88. The Hall–Kier alpha value is -1.34. The maximum atomic E-state index is 12.9. The fourth-order valence-corrected chi connectivity index (χ4v) is 9.63. The second-order valence-electron chi connectivity index (χ2n) is 21.4. The minimum Gasteiger partial charge on any atom is -0.462 e. The standard InChI is InChI=1S/C60H119NO10/c1-5-9-13-17-23-31-41-53(42-32-24-18-14-10-6-2)70-57(65)45-35-27-21-29-37-47-61(49-39-40-50-69-52-56(64)60(68)59(67)55(63)51-62)48-38-30-22-28-36-46-58(66)71-54(43-33-25-19-15-11-7-3)44-34-26-20-16-12-8-4/h53-56,59-60,62-64,67-68H,5-52H2,1-4H3/t55-,56-,59-,60-/m0/s1. The van der Waals surface area contributed by atoms with Gasteiger partial charge in [0.15, 0.2) is 0 Å². The number of aliphatic hydroxyl groups excluding tert-OH is 5. The summed E-state index contributed by atoms with van der Waals surface area (Å²) in [5.41, 5.74) is 0. The van der Waals surface area contributed by atoms with E-state index >= 15 is 0 Å². The Labute approximate surface area is 438 Å². The van der Waals surface area contributed by atoms with Gasteiger partial charge >= 0.3 is 11.9 Å². The molecule has 0 fully saturated rings. The molecule has 71 heavy (non-hydrogen) atoms. The molecule has 5 N–H and O–H groups in total. The Kier molecular flexibility index (Phi) is 52.5. The van der Waals surface area contributed by atoms with Gasteiger partial charge in [-0.3, -0.25) is 9.59 Å². The first kappa shape index (κ1) is 69.7. The lowest BCUT2D eigenvalue weighted by atomic mass is 10.0. The maximum Gasteiger partial charge on any atom is 0.306 e. The molecule has 11 heteroatoms. The number of esters is 2. The van der Waals surface area contributed by atoms with Gasteiger partial charge in [-0.2, -0.15) is 0 Å². The number of hydrogen-bond donors (Lipinski definition) is 5.